The van der Waals surface area contributed by atoms with Crippen molar-refractivity contribution in [1.82, 2.24) is 0 Å². The molecule has 34 heavy (non-hydrogen) atoms. The van der Waals surface area contributed by atoms with Crippen molar-refractivity contribution in [2.24, 2.45) is 0 Å². The molecule has 3 N–H and O–H groups in total. The van der Waals surface area contributed by atoms with Gasteiger partial charge in [0.05, 0.1) is 5.56 Å². The van der Waals surface area contributed by atoms with Gasteiger partial charge in [-0.25, -0.2) is 4.79 Å². The minimum atomic E-state index is -0.995. The molecule has 3 rings (SSSR count). The fraction of sp³-hybridized carbons (Fsp3) is 0.367. The van der Waals surface area contributed by atoms with Gasteiger partial charge in [-0.3, -0.25) is 0 Å². The van der Waals surface area contributed by atoms with E-state index in [1.807, 2.05) is 38.1 Å². The zero-order valence-corrected chi connectivity index (χ0v) is 21.4. The molecule has 0 aliphatic carbocycles. The summed E-state index contributed by atoms with van der Waals surface area (Å²) in [5, 5.41) is 32.4. The average molecular weight is 461 g/mol. The van der Waals surface area contributed by atoms with Gasteiger partial charge in [0, 0.05) is 17.0 Å². The molecule has 0 unspecified atom stereocenters. The van der Waals surface area contributed by atoms with E-state index in [1.165, 1.54) is 0 Å². The predicted octanol–water partition coefficient (Wildman–Crippen LogP) is 7.19. The van der Waals surface area contributed by atoms with E-state index in [0.717, 1.165) is 27.8 Å². The maximum Gasteiger partial charge on any atom is 0.335 e. The van der Waals surface area contributed by atoms with Crippen LogP contribution in [0.1, 0.15) is 96.8 Å². The van der Waals surface area contributed by atoms with E-state index in [2.05, 4.69) is 41.5 Å². The van der Waals surface area contributed by atoms with Crippen molar-refractivity contribution >= 4 is 5.97 Å². The molecule has 4 nitrogen and oxygen atoms in total. The molecule has 0 heterocycles. The minimum Gasteiger partial charge on any atom is -0.507 e. The molecular weight excluding hydrogens is 424 g/mol. The molecule has 0 aliphatic heterocycles. The number of phenolic OH excluding ortho intramolecular Hbond substituents is 2. The minimum absolute atomic E-state index is 0.190. The van der Waals surface area contributed by atoms with E-state index in [4.69, 9.17) is 0 Å². The Morgan fingerprint density at radius 3 is 1.41 bits per heavy atom. The highest BCUT2D eigenvalue weighted by atomic mass is 16.4. The maximum atomic E-state index is 11.5. The molecule has 0 saturated heterocycles. The Balaban J connectivity index is 2.41. The molecule has 0 bridgehead atoms. The number of carboxylic acids is 1. The van der Waals surface area contributed by atoms with Crippen molar-refractivity contribution in [3.05, 3.63) is 93.0 Å². The van der Waals surface area contributed by atoms with Crippen LogP contribution in [0.15, 0.2) is 48.5 Å². The molecule has 0 atom stereocenters. The van der Waals surface area contributed by atoms with E-state index in [1.54, 1.807) is 24.3 Å². The van der Waals surface area contributed by atoms with Gasteiger partial charge in [0.1, 0.15) is 11.5 Å². The van der Waals surface area contributed by atoms with Gasteiger partial charge in [-0.2, -0.15) is 0 Å². The number of phenols is 2. The first-order valence-electron chi connectivity index (χ1n) is 11.6. The summed E-state index contributed by atoms with van der Waals surface area (Å²) in [5.41, 5.74) is 5.47. The highest BCUT2D eigenvalue weighted by molar-refractivity contribution is 5.87. The zero-order valence-electron chi connectivity index (χ0n) is 21.4. The van der Waals surface area contributed by atoms with E-state index in [0.29, 0.717) is 11.1 Å². The molecule has 0 amide bonds. The van der Waals surface area contributed by atoms with E-state index >= 15 is 0 Å². The molecule has 0 aromatic heterocycles. The fourth-order valence-electron chi connectivity index (χ4n) is 4.54. The van der Waals surface area contributed by atoms with Gasteiger partial charge in [-0.1, -0.05) is 89.1 Å². The summed E-state index contributed by atoms with van der Waals surface area (Å²) < 4.78 is 0. The molecule has 4 heteroatoms. The summed E-state index contributed by atoms with van der Waals surface area (Å²) in [7, 11) is 0. The fourth-order valence-corrected chi connectivity index (χ4v) is 4.54. The summed E-state index contributed by atoms with van der Waals surface area (Å²) in [6, 6.07) is 14.6. The Kier molecular flexibility index (Phi) is 6.58. The van der Waals surface area contributed by atoms with Gasteiger partial charge >= 0.3 is 5.97 Å². The van der Waals surface area contributed by atoms with Gasteiger partial charge in [0.15, 0.2) is 0 Å². The lowest BCUT2D eigenvalue weighted by Crippen LogP contribution is -2.16. The van der Waals surface area contributed by atoms with Gasteiger partial charge < -0.3 is 15.3 Å². The van der Waals surface area contributed by atoms with Crippen molar-refractivity contribution in [1.29, 1.82) is 0 Å². The van der Waals surface area contributed by atoms with Crippen molar-refractivity contribution < 1.29 is 20.1 Å². The van der Waals surface area contributed by atoms with Crippen molar-refractivity contribution in [2.45, 2.75) is 72.1 Å². The van der Waals surface area contributed by atoms with Gasteiger partial charge in [0.2, 0.25) is 0 Å². The summed E-state index contributed by atoms with van der Waals surface area (Å²) in [4.78, 5) is 11.4. The van der Waals surface area contributed by atoms with Gasteiger partial charge in [-0.05, 0) is 53.5 Å². The highest BCUT2D eigenvalue weighted by Gasteiger charge is 2.30. The van der Waals surface area contributed by atoms with Crippen molar-refractivity contribution in [3.8, 4) is 11.5 Å². The summed E-state index contributed by atoms with van der Waals surface area (Å²) in [6.45, 7) is 16.4. The molecular formula is C30H36O4. The van der Waals surface area contributed by atoms with Crippen LogP contribution in [0, 0.1) is 13.8 Å². The molecule has 0 saturated carbocycles. The van der Waals surface area contributed by atoms with Crippen LogP contribution in [-0.4, -0.2) is 21.3 Å². The molecule has 3 aromatic carbocycles. The lowest BCUT2D eigenvalue weighted by molar-refractivity contribution is 0.0697. The van der Waals surface area contributed by atoms with Crippen LogP contribution in [0.3, 0.4) is 0 Å². The van der Waals surface area contributed by atoms with Crippen LogP contribution >= 0.6 is 0 Å². The third kappa shape index (κ3) is 4.96. The second kappa shape index (κ2) is 8.83. The number of aromatic carboxylic acids is 1. The Hall–Kier alpha value is -3.27. The normalized spacial score (nSPS) is 12.3. The molecule has 3 aromatic rings. The number of rotatable bonds is 4. The van der Waals surface area contributed by atoms with Crippen LogP contribution in [0.25, 0.3) is 0 Å². The number of carbonyl (C=O) groups is 1. The molecule has 0 radical (unpaired) electrons. The van der Waals surface area contributed by atoms with E-state index in [9.17, 15) is 20.1 Å². The van der Waals surface area contributed by atoms with Gasteiger partial charge in [-0.15, -0.1) is 0 Å². The second-order valence-electron chi connectivity index (χ2n) is 11.4. The first-order valence-corrected chi connectivity index (χ1v) is 11.6. The average Bonchev–Trinajstić information content (AvgIpc) is 2.71. The maximum absolute atomic E-state index is 11.5. The topological polar surface area (TPSA) is 77.8 Å². The number of aromatic hydroxyl groups is 2. The monoisotopic (exact) mass is 460 g/mol. The van der Waals surface area contributed by atoms with Crippen LogP contribution in [0.4, 0.5) is 0 Å². The molecule has 180 valence electrons. The third-order valence-electron chi connectivity index (χ3n) is 6.30. The summed E-state index contributed by atoms with van der Waals surface area (Å²) >= 11 is 0. The van der Waals surface area contributed by atoms with Crippen molar-refractivity contribution in [3.63, 3.8) is 0 Å². The van der Waals surface area contributed by atoms with Crippen LogP contribution < -0.4 is 0 Å². The Morgan fingerprint density at radius 1 is 0.706 bits per heavy atom. The summed E-state index contributed by atoms with van der Waals surface area (Å²) in [6.07, 6.45) is 0. The standard InChI is InChI=1S/C30H36O4/c1-17-13-21(26(31)23(15-17)29(3,4)5)25(19-9-11-20(12-10-19)28(33)34)22-14-18(2)16-24(27(22)32)30(6,7)8/h9-16,25,31-32H,1-8H3,(H,33,34). The van der Waals surface area contributed by atoms with Crippen LogP contribution in [0.2, 0.25) is 0 Å². The first-order chi connectivity index (χ1) is 15.6. The predicted molar refractivity (Wildman–Crippen MR) is 137 cm³/mol. The number of carboxylic acid groups (broad SMARTS) is 1. The van der Waals surface area contributed by atoms with Gasteiger partial charge in [0.25, 0.3) is 0 Å². The molecule has 0 aliphatic rings. The Labute approximate surface area is 202 Å². The van der Waals surface area contributed by atoms with E-state index in [-0.39, 0.29) is 27.9 Å². The third-order valence-corrected chi connectivity index (χ3v) is 6.30. The number of benzene rings is 3. The molecule has 0 spiro atoms. The second-order valence-corrected chi connectivity index (χ2v) is 11.4. The Morgan fingerprint density at radius 2 is 1.09 bits per heavy atom. The van der Waals surface area contributed by atoms with Crippen molar-refractivity contribution in [2.75, 3.05) is 0 Å². The van der Waals surface area contributed by atoms with E-state index < -0.39 is 11.9 Å². The number of hydrogen-bond acceptors (Lipinski definition) is 3. The Bertz CT molecular complexity index is 1150. The zero-order chi connectivity index (χ0) is 25.6. The SMILES string of the molecule is Cc1cc(C(c2ccc(C(=O)O)cc2)c2cc(C)cc(C(C)(C)C)c2O)c(O)c(C(C)(C)C)c1. The largest absolute Gasteiger partial charge is 0.507 e. The summed E-state index contributed by atoms with van der Waals surface area (Å²) in [5.74, 6) is -1.08. The quantitative estimate of drug-likeness (QED) is 0.360. The first kappa shape index (κ1) is 25.4. The van der Waals surface area contributed by atoms with Crippen LogP contribution in [0.5, 0.6) is 11.5 Å². The lowest BCUT2D eigenvalue weighted by atomic mass is 9.76. The number of aryl methyl sites for hydroxylation is 2. The lowest BCUT2D eigenvalue weighted by Gasteiger charge is -2.29. The highest BCUT2D eigenvalue weighted by Crippen LogP contribution is 2.47. The smallest absolute Gasteiger partial charge is 0.335 e. The van der Waals surface area contributed by atoms with Crippen LogP contribution in [-0.2, 0) is 10.8 Å². The molecule has 0 fully saturated rings. The number of hydrogen-bond donors (Lipinski definition) is 3.